The van der Waals surface area contributed by atoms with E-state index in [9.17, 15) is 8.78 Å². The lowest BCUT2D eigenvalue weighted by Gasteiger charge is -2.34. The number of piperidine rings is 1. The van der Waals surface area contributed by atoms with Crippen molar-refractivity contribution in [1.29, 1.82) is 0 Å². The number of hydrogen-bond acceptors (Lipinski definition) is 3. The number of alkyl halides is 2. The Balaban J connectivity index is 0.000000956. The molecule has 0 unspecified atom stereocenters. The van der Waals surface area contributed by atoms with Crippen LogP contribution in [0.2, 0.25) is 0 Å². The molecule has 2 heterocycles. The Labute approximate surface area is 120 Å². The minimum Gasteiger partial charge on any atom is -0.301 e. The van der Waals surface area contributed by atoms with Crippen LogP contribution in [-0.4, -0.2) is 38.8 Å². The zero-order chi connectivity index (χ0) is 15.3. The average Bonchev–Trinajstić information content (AvgIpc) is 2.83. The largest absolute Gasteiger partial charge is 0.334 e. The molecule has 1 saturated heterocycles. The molecule has 116 valence electrons. The molecule has 2 rings (SSSR count). The smallest absolute Gasteiger partial charge is 0.301 e. The number of likely N-dealkylation sites (tertiary alicyclic amines) is 1. The van der Waals surface area contributed by atoms with Gasteiger partial charge in [-0.15, -0.1) is 0 Å². The van der Waals surface area contributed by atoms with E-state index in [-0.39, 0.29) is 5.92 Å². The maximum Gasteiger partial charge on any atom is 0.334 e. The average molecular weight is 288 g/mol. The van der Waals surface area contributed by atoms with Crippen LogP contribution in [0.3, 0.4) is 0 Å². The van der Waals surface area contributed by atoms with Gasteiger partial charge in [-0.25, -0.2) is 4.98 Å². The van der Waals surface area contributed by atoms with Gasteiger partial charge in [0.05, 0.1) is 0 Å². The predicted octanol–water partition coefficient (Wildman–Crippen LogP) is 3.60. The summed E-state index contributed by atoms with van der Waals surface area (Å²) < 4.78 is 26.5. The molecule has 6 heteroatoms. The fraction of sp³-hybridized carbons (Fsp3) is 0.857. The summed E-state index contributed by atoms with van der Waals surface area (Å²) in [6.45, 7) is 9.27. The molecule has 0 atom stereocenters. The molecule has 0 bridgehead atoms. The predicted molar refractivity (Wildman–Crippen MR) is 76.0 cm³/mol. The van der Waals surface area contributed by atoms with Crippen molar-refractivity contribution >= 4 is 0 Å². The van der Waals surface area contributed by atoms with Crippen LogP contribution in [0.4, 0.5) is 8.78 Å². The SMILES string of the molecule is CC.Cc1nc(C2CCN(C(C)C)CC2)n(C(F)F)n1. The maximum atomic E-state index is 12.9. The quantitative estimate of drug-likeness (QED) is 0.852. The van der Waals surface area contributed by atoms with Crippen LogP contribution in [-0.2, 0) is 0 Å². The zero-order valence-electron chi connectivity index (χ0n) is 13.1. The molecular formula is C14H26F2N4. The Hall–Kier alpha value is -1.04. The summed E-state index contributed by atoms with van der Waals surface area (Å²) in [6, 6.07) is 0.514. The second-order valence-electron chi connectivity index (χ2n) is 5.14. The molecule has 20 heavy (non-hydrogen) atoms. The molecule has 1 fully saturated rings. The van der Waals surface area contributed by atoms with Crippen molar-refractivity contribution in [3.05, 3.63) is 11.6 Å². The molecule has 0 aromatic carbocycles. The van der Waals surface area contributed by atoms with Gasteiger partial charge in [0.2, 0.25) is 0 Å². The van der Waals surface area contributed by atoms with Crippen LogP contribution in [0.5, 0.6) is 0 Å². The summed E-state index contributed by atoms with van der Waals surface area (Å²) in [4.78, 5) is 6.55. The third kappa shape index (κ3) is 3.98. The van der Waals surface area contributed by atoms with Crippen LogP contribution >= 0.6 is 0 Å². The minimum atomic E-state index is -2.59. The highest BCUT2D eigenvalue weighted by Gasteiger charge is 2.28. The summed E-state index contributed by atoms with van der Waals surface area (Å²) in [5, 5.41) is 3.78. The van der Waals surface area contributed by atoms with Gasteiger partial charge in [-0.05, 0) is 46.7 Å². The number of hydrogen-bond donors (Lipinski definition) is 0. The van der Waals surface area contributed by atoms with Crippen LogP contribution in [0.1, 0.15) is 64.7 Å². The second kappa shape index (κ2) is 7.67. The van der Waals surface area contributed by atoms with E-state index in [2.05, 4.69) is 28.8 Å². The van der Waals surface area contributed by atoms with E-state index in [0.717, 1.165) is 30.6 Å². The molecule has 1 aromatic rings. The molecule has 1 aliphatic heterocycles. The number of halogens is 2. The first-order valence-corrected chi connectivity index (χ1v) is 7.44. The van der Waals surface area contributed by atoms with E-state index in [1.54, 1.807) is 6.92 Å². The number of aromatic nitrogens is 3. The molecule has 0 amide bonds. The summed E-state index contributed by atoms with van der Waals surface area (Å²) in [6.07, 6.45) is 1.76. The van der Waals surface area contributed by atoms with Crippen molar-refractivity contribution < 1.29 is 8.78 Å². The number of aryl methyl sites for hydroxylation is 1. The van der Waals surface area contributed by atoms with Gasteiger partial charge in [-0.2, -0.15) is 18.6 Å². The van der Waals surface area contributed by atoms with Crippen LogP contribution in [0.25, 0.3) is 0 Å². The standard InChI is InChI=1S/C12H20F2N4.C2H6/c1-8(2)17-6-4-10(5-7-17)11-15-9(3)16-18(11)12(13)14;1-2/h8,10,12H,4-7H2,1-3H3;1-2H3. The lowest BCUT2D eigenvalue weighted by atomic mass is 9.95. The van der Waals surface area contributed by atoms with Crippen molar-refractivity contribution in [3.63, 3.8) is 0 Å². The first kappa shape index (κ1) is 17.0. The second-order valence-corrected chi connectivity index (χ2v) is 5.14. The molecule has 4 nitrogen and oxygen atoms in total. The van der Waals surface area contributed by atoms with Crippen LogP contribution < -0.4 is 0 Å². The molecule has 0 saturated carbocycles. The lowest BCUT2D eigenvalue weighted by Crippen LogP contribution is -2.38. The molecule has 1 aliphatic rings. The molecule has 0 aliphatic carbocycles. The normalized spacial score (nSPS) is 17.4. The Kier molecular flexibility index (Phi) is 6.52. The van der Waals surface area contributed by atoms with Gasteiger partial charge in [0, 0.05) is 12.0 Å². The van der Waals surface area contributed by atoms with E-state index in [0.29, 0.717) is 17.7 Å². The van der Waals surface area contributed by atoms with E-state index in [4.69, 9.17) is 0 Å². The van der Waals surface area contributed by atoms with Crippen molar-refractivity contribution in [1.82, 2.24) is 19.7 Å². The highest BCUT2D eigenvalue weighted by atomic mass is 19.3. The minimum absolute atomic E-state index is 0.107. The van der Waals surface area contributed by atoms with Crippen molar-refractivity contribution in [2.24, 2.45) is 0 Å². The topological polar surface area (TPSA) is 34.0 Å². The summed E-state index contributed by atoms with van der Waals surface area (Å²) in [5.74, 6) is 0.984. The fourth-order valence-electron chi connectivity index (χ4n) is 2.54. The van der Waals surface area contributed by atoms with E-state index < -0.39 is 6.55 Å². The van der Waals surface area contributed by atoms with Gasteiger partial charge in [-0.1, -0.05) is 13.8 Å². The van der Waals surface area contributed by atoms with Crippen molar-refractivity contribution in [2.75, 3.05) is 13.1 Å². The highest BCUT2D eigenvalue weighted by molar-refractivity contribution is 5.02. The zero-order valence-corrected chi connectivity index (χ0v) is 13.1. The Morgan fingerprint density at radius 3 is 2.15 bits per heavy atom. The number of rotatable bonds is 3. The van der Waals surface area contributed by atoms with E-state index in [1.807, 2.05) is 13.8 Å². The molecule has 0 radical (unpaired) electrons. The van der Waals surface area contributed by atoms with Crippen LogP contribution in [0, 0.1) is 6.92 Å². The van der Waals surface area contributed by atoms with Crippen LogP contribution in [0.15, 0.2) is 0 Å². The lowest BCUT2D eigenvalue weighted by molar-refractivity contribution is 0.0490. The Morgan fingerprint density at radius 2 is 1.70 bits per heavy atom. The van der Waals surface area contributed by atoms with Gasteiger partial charge in [0.1, 0.15) is 11.6 Å². The third-order valence-corrected chi connectivity index (χ3v) is 3.57. The Bertz CT molecular complexity index is 396. The van der Waals surface area contributed by atoms with Gasteiger partial charge in [-0.3, -0.25) is 0 Å². The summed E-state index contributed by atoms with van der Waals surface area (Å²) in [5.41, 5.74) is 0. The first-order chi connectivity index (χ1) is 9.49. The van der Waals surface area contributed by atoms with Crippen molar-refractivity contribution in [3.8, 4) is 0 Å². The third-order valence-electron chi connectivity index (χ3n) is 3.57. The Morgan fingerprint density at radius 1 is 1.15 bits per heavy atom. The van der Waals surface area contributed by atoms with Gasteiger partial charge in [0.25, 0.3) is 0 Å². The highest BCUT2D eigenvalue weighted by Crippen LogP contribution is 2.29. The summed E-state index contributed by atoms with van der Waals surface area (Å²) >= 11 is 0. The van der Waals surface area contributed by atoms with Crippen molar-refractivity contribution in [2.45, 2.75) is 66.0 Å². The monoisotopic (exact) mass is 288 g/mol. The molecule has 0 N–H and O–H groups in total. The maximum absolute atomic E-state index is 12.9. The molecule has 1 aromatic heterocycles. The van der Waals surface area contributed by atoms with E-state index >= 15 is 0 Å². The summed E-state index contributed by atoms with van der Waals surface area (Å²) in [7, 11) is 0. The van der Waals surface area contributed by atoms with Gasteiger partial charge < -0.3 is 4.90 Å². The van der Waals surface area contributed by atoms with Gasteiger partial charge in [0.15, 0.2) is 0 Å². The first-order valence-electron chi connectivity index (χ1n) is 7.44. The van der Waals surface area contributed by atoms with Gasteiger partial charge >= 0.3 is 6.55 Å². The molecule has 0 spiro atoms. The van der Waals surface area contributed by atoms with E-state index in [1.165, 1.54) is 0 Å². The molecular weight excluding hydrogens is 262 g/mol. The number of nitrogens with zero attached hydrogens (tertiary/aromatic N) is 4. The fourth-order valence-corrected chi connectivity index (χ4v) is 2.54.